The zero-order valence-electron chi connectivity index (χ0n) is 10.1. The minimum Gasteiger partial charge on any atom is -0.373 e. The van der Waals surface area contributed by atoms with E-state index < -0.39 is 0 Å². The van der Waals surface area contributed by atoms with Crippen molar-refractivity contribution in [2.24, 2.45) is 5.41 Å². The molecule has 84 valence electrons. The molecule has 0 bridgehead atoms. The van der Waals surface area contributed by atoms with Crippen LogP contribution < -0.4 is 0 Å². The first kappa shape index (κ1) is 12.0. The number of unbranched alkanes of at least 4 members (excludes halogenated alkanes) is 4. The molecule has 0 saturated carbocycles. The van der Waals surface area contributed by atoms with Crippen LogP contribution >= 0.6 is 0 Å². The Labute approximate surface area is 89.2 Å². The van der Waals surface area contributed by atoms with Gasteiger partial charge in [-0.3, -0.25) is 0 Å². The van der Waals surface area contributed by atoms with Crippen molar-refractivity contribution in [3.63, 3.8) is 0 Å². The second kappa shape index (κ2) is 5.75. The molecule has 1 rings (SSSR count). The molecule has 0 spiro atoms. The molecule has 1 unspecified atom stereocenters. The molecule has 1 heterocycles. The summed E-state index contributed by atoms with van der Waals surface area (Å²) in [5, 5.41) is 0. The molecule has 1 nitrogen and oxygen atoms in total. The molecule has 1 heteroatoms. The summed E-state index contributed by atoms with van der Waals surface area (Å²) in [6.45, 7) is 8.02. The van der Waals surface area contributed by atoms with Crippen LogP contribution in [-0.4, -0.2) is 12.7 Å². The van der Waals surface area contributed by atoms with E-state index in [1.54, 1.807) is 0 Å². The fraction of sp³-hybridized carbons (Fsp3) is 1.00. The largest absolute Gasteiger partial charge is 0.373 e. The summed E-state index contributed by atoms with van der Waals surface area (Å²) in [5.41, 5.74) is 0.530. The fourth-order valence-electron chi connectivity index (χ4n) is 1.79. The van der Waals surface area contributed by atoms with Gasteiger partial charge < -0.3 is 4.74 Å². The summed E-state index contributed by atoms with van der Waals surface area (Å²) in [4.78, 5) is 0. The van der Waals surface area contributed by atoms with Gasteiger partial charge in [0.1, 0.15) is 0 Å². The van der Waals surface area contributed by atoms with E-state index in [2.05, 4.69) is 20.8 Å². The molecule has 0 aliphatic carbocycles. The van der Waals surface area contributed by atoms with Gasteiger partial charge in [0, 0.05) is 0 Å². The van der Waals surface area contributed by atoms with Crippen molar-refractivity contribution in [1.82, 2.24) is 0 Å². The lowest BCUT2D eigenvalue weighted by molar-refractivity contribution is 0.354. The number of epoxide rings is 1. The van der Waals surface area contributed by atoms with Crippen LogP contribution in [0.1, 0.15) is 65.7 Å². The molecule has 1 fully saturated rings. The van der Waals surface area contributed by atoms with Crippen LogP contribution in [0.3, 0.4) is 0 Å². The van der Waals surface area contributed by atoms with Crippen molar-refractivity contribution in [2.75, 3.05) is 6.61 Å². The first-order chi connectivity index (χ1) is 6.58. The van der Waals surface area contributed by atoms with Crippen LogP contribution in [0, 0.1) is 5.41 Å². The molecule has 1 aliphatic heterocycles. The maximum Gasteiger partial charge on any atom is 0.0810 e. The van der Waals surface area contributed by atoms with Gasteiger partial charge in [0.25, 0.3) is 0 Å². The number of ether oxygens (including phenoxy) is 1. The van der Waals surface area contributed by atoms with Crippen LogP contribution in [0.15, 0.2) is 0 Å². The van der Waals surface area contributed by atoms with Crippen molar-refractivity contribution < 1.29 is 4.74 Å². The van der Waals surface area contributed by atoms with E-state index in [9.17, 15) is 0 Å². The Morgan fingerprint density at radius 2 is 1.57 bits per heavy atom. The van der Waals surface area contributed by atoms with E-state index in [1.807, 2.05) is 0 Å². The van der Waals surface area contributed by atoms with Crippen LogP contribution in [0.2, 0.25) is 0 Å². The van der Waals surface area contributed by atoms with Gasteiger partial charge in [-0.25, -0.2) is 0 Å². The highest BCUT2D eigenvalue weighted by Crippen LogP contribution is 2.23. The van der Waals surface area contributed by atoms with Crippen molar-refractivity contribution in [3.8, 4) is 0 Å². The number of hydrogen-bond donors (Lipinski definition) is 0. The minimum atomic E-state index is 0.530. The van der Waals surface area contributed by atoms with Crippen LogP contribution in [0.4, 0.5) is 0 Å². The van der Waals surface area contributed by atoms with Crippen molar-refractivity contribution in [1.29, 1.82) is 0 Å². The summed E-state index contributed by atoms with van der Waals surface area (Å²) in [5.74, 6) is 0. The summed E-state index contributed by atoms with van der Waals surface area (Å²) in [7, 11) is 0. The monoisotopic (exact) mass is 198 g/mol. The van der Waals surface area contributed by atoms with Gasteiger partial charge in [0.15, 0.2) is 0 Å². The van der Waals surface area contributed by atoms with Crippen molar-refractivity contribution in [3.05, 3.63) is 0 Å². The van der Waals surface area contributed by atoms with E-state index in [-0.39, 0.29) is 0 Å². The average molecular weight is 198 g/mol. The minimum absolute atomic E-state index is 0.530. The summed E-state index contributed by atoms with van der Waals surface area (Å²) in [6, 6.07) is 0. The topological polar surface area (TPSA) is 12.5 Å². The van der Waals surface area contributed by atoms with Crippen LogP contribution in [0.25, 0.3) is 0 Å². The molecule has 0 amide bonds. The normalized spacial score (nSPS) is 21.2. The van der Waals surface area contributed by atoms with Gasteiger partial charge in [-0.2, -0.15) is 0 Å². The molecule has 14 heavy (non-hydrogen) atoms. The highest BCUT2D eigenvalue weighted by molar-refractivity contribution is 4.68. The summed E-state index contributed by atoms with van der Waals surface area (Å²) in [6.07, 6.45) is 10.3. The molecular weight excluding hydrogens is 172 g/mol. The Kier molecular flexibility index (Phi) is 4.94. The van der Waals surface area contributed by atoms with Gasteiger partial charge in [-0.15, -0.1) is 0 Å². The third-order valence-corrected chi connectivity index (χ3v) is 2.86. The van der Waals surface area contributed by atoms with Gasteiger partial charge in [0.05, 0.1) is 12.7 Å². The maximum absolute atomic E-state index is 5.18. The van der Waals surface area contributed by atoms with Gasteiger partial charge in [0.2, 0.25) is 0 Å². The Morgan fingerprint density at radius 3 is 2.14 bits per heavy atom. The Bertz CT molecular complexity index is 142. The molecule has 1 saturated heterocycles. The lowest BCUT2D eigenvalue weighted by Gasteiger charge is -2.17. The van der Waals surface area contributed by atoms with E-state index in [4.69, 9.17) is 4.74 Å². The second-order valence-electron chi connectivity index (χ2n) is 5.82. The van der Waals surface area contributed by atoms with Crippen molar-refractivity contribution in [2.45, 2.75) is 71.8 Å². The standard InChI is InChI=1S/C13H26O/c1-13(2,3)10-8-6-4-5-7-9-12-11-14-12/h12H,4-11H2,1-3H3. The summed E-state index contributed by atoms with van der Waals surface area (Å²) < 4.78 is 5.18. The Morgan fingerprint density at radius 1 is 1.00 bits per heavy atom. The third kappa shape index (κ3) is 7.37. The zero-order chi connectivity index (χ0) is 10.4. The SMILES string of the molecule is CC(C)(C)CCCCCCCC1CO1. The van der Waals surface area contributed by atoms with Gasteiger partial charge >= 0.3 is 0 Å². The van der Waals surface area contributed by atoms with Gasteiger partial charge in [-0.05, 0) is 18.3 Å². The molecule has 0 radical (unpaired) electrons. The van der Waals surface area contributed by atoms with E-state index >= 15 is 0 Å². The summed E-state index contributed by atoms with van der Waals surface area (Å²) >= 11 is 0. The van der Waals surface area contributed by atoms with Crippen molar-refractivity contribution >= 4 is 0 Å². The average Bonchev–Trinajstić information content (AvgIpc) is 2.84. The first-order valence-electron chi connectivity index (χ1n) is 6.19. The Hall–Kier alpha value is -0.0400. The molecule has 0 aromatic heterocycles. The molecular formula is C13H26O. The Balaban J connectivity index is 1.75. The number of rotatable bonds is 7. The molecule has 0 aromatic carbocycles. The predicted molar refractivity (Wildman–Crippen MR) is 61.5 cm³/mol. The predicted octanol–water partition coefficient (Wildman–Crippen LogP) is 4.16. The van der Waals surface area contributed by atoms with E-state index in [1.165, 1.54) is 44.9 Å². The molecule has 0 N–H and O–H groups in total. The third-order valence-electron chi connectivity index (χ3n) is 2.86. The quantitative estimate of drug-likeness (QED) is 0.442. The molecule has 0 aromatic rings. The van der Waals surface area contributed by atoms with E-state index in [0.29, 0.717) is 11.5 Å². The zero-order valence-corrected chi connectivity index (χ0v) is 10.1. The highest BCUT2D eigenvalue weighted by Gasteiger charge is 2.20. The first-order valence-corrected chi connectivity index (χ1v) is 6.19. The number of hydrogen-bond acceptors (Lipinski definition) is 1. The lowest BCUT2D eigenvalue weighted by Crippen LogP contribution is -2.03. The van der Waals surface area contributed by atoms with Crippen LogP contribution in [-0.2, 0) is 4.74 Å². The molecule has 1 aliphatic rings. The highest BCUT2D eigenvalue weighted by atomic mass is 16.6. The maximum atomic E-state index is 5.18. The van der Waals surface area contributed by atoms with Crippen LogP contribution in [0.5, 0.6) is 0 Å². The van der Waals surface area contributed by atoms with Gasteiger partial charge in [-0.1, -0.05) is 52.9 Å². The molecule has 1 atom stereocenters. The lowest BCUT2D eigenvalue weighted by atomic mass is 9.89. The fourth-order valence-corrected chi connectivity index (χ4v) is 1.79. The van der Waals surface area contributed by atoms with E-state index in [0.717, 1.165) is 6.61 Å². The smallest absolute Gasteiger partial charge is 0.0810 e. The second-order valence-corrected chi connectivity index (χ2v) is 5.82.